The van der Waals surface area contributed by atoms with Gasteiger partial charge in [-0.15, -0.1) is 0 Å². The molecule has 0 aromatic heterocycles. The van der Waals surface area contributed by atoms with E-state index >= 15 is 0 Å². The Balaban J connectivity index is 1.41. The predicted octanol–water partition coefficient (Wildman–Crippen LogP) is 1.52. The minimum absolute atomic E-state index is 0.126. The molecule has 0 unspecified atom stereocenters. The van der Waals surface area contributed by atoms with E-state index in [1.54, 1.807) is 7.11 Å². The highest BCUT2D eigenvalue weighted by Gasteiger charge is 2.33. The molecule has 0 bridgehead atoms. The molecule has 1 saturated carbocycles. The number of methoxy groups -OCH3 is 1. The highest BCUT2D eigenvalue weighted by atomic mass is 16.5. The molecule has 0 spiro atoms. The lowest BCUT2D eigenvalue weighted by Gasteiger charge is -2.39. The molecule has 6 heteroatoms. The van der Waals surface area contributed by atoms with E-state index in [1.165, 1.54) is 0 Å². The number of piperazine rings is 1. The first-order valence-corrected chi connectivity index (χ1v) is 9.14. The summed E-state index contributed by atoms with van der Waals surface area (Å²) >= 11 is 0. The quantitative estimate of drug-likeness (QED) is 0.845. The Kier molecular flexibility index (Phi) is 6.15. The van der Waals surface area contributed by atoms with Crippen LogP contribution in [0.15, 0.2) is 24.3 Å². The molecule has 1 amide bonds. The van der Waals surface area contributed by atoms with Crippen LogP contribution in [0.3, 0.4) is 0 Å². The first kappa shape index (κ1) is 18.0. The molecule has 1 heterocycles. The molecule has 25 heavy (non-hydrogen) atoms. The zero-order valence-corrected chi connectivity index (χ0v) is 14.9. The molecule has 3 rings (SSSR count). The van der Waals surface area contributed by atoms with Crippen LogP contribution in [0.25, 0.3) is 0 Å². The number of nitrogens with zero attached hydrogens (tertiary/aromatic N) is 2. The van der Waals surface area contributed by atoms with Crippen molar-refractivity contribution in [2.45, 2.75) is 37.8 Å². The first-order chi connectivity index (χ1) is 12.2. The van der Waals surface area contributed by atoms with Crippen molar-refractivity contribution in [1.82, 2.24) is 9.80 Å². The molecule has 2 atom stereocenters. The topological polar surface area (TPSA) is 62.2 Å². The van der Waals surface area contributed by atoms with Gasteiger partial charge in [0, 0.05) is 32.2 Å². The number of amides is 1. The second-order valence-corrected chi connectivity index (χ2v) is 6.73. The van der Waals surface area contributed by atoms with Crippen LogP contribution in [0.5, 0.6) is 11.5 Å². The average molecular weight is 348 g/mol. The number of benzene rings is 1. The van der Waals surface area contributed by atoms with E-state index in [0.29, 0.717) is 24.5 Å². The van der Waals surface area contributed by atoms with E-state index in [9.17, 15) is 9.90 Å². The number of para-hydroxylation sites is 2. The summed E-state index contributed by atoms with van der Waals surface area (Å²) in [6.45, 7) is 3.51. The normalized spacial score (nSPS) is 24.3. The zero-order valence-electron chi connectivity index (χ0n) is 14.9. The number of carbonyl (C=O) groups excluding carboxylic acids is 1. The van der Waals surface area contributed by atoms with Crippen molar-refractivity contribution in [1.29, 1.82) is 0 Å². The third kappa shape index (κ3) is 4.44. The largest absolute Gasteiger partial charge is 0.493 e. The maximum absolute atomic E-state index is 12.4. The van der Waals surface area contributed by atoms with Crippen molar-refractivity contribution < 1.29 is 19.4 Å². The molecule has 1 aliphatic carbocycles. The van der Waals surface area contributed by atoms with Crippen LogP contribution >= 0.6 is 0 Å². The van der Waals surface area contributed by atoms with Gasteiger partial charge in [-0.2, -0.15) is 0 Å². The first-order valence-electron chi connectivity index (χ1n) is 9.14. The van der Waals surface area contributed by atoms with Crippen molar-refractivity contribution in [3.05, 3.63) is 24.3 Å². The predicted molar refractivity (Wildman–Crippen MR) is 94.9 cm³/mol. The fraction of sp³-hybridized carbons (Fsp3) is 0.632. The van der Waals surface area contributed by atoms with Crippen molar-refractivity contribution in [2.75, 3.05) is 39.9 Å². The van der Waals surface area contributed by atoms with Crippen LogP contribution in [0.4, 0.5) is 0 Å². The Bertz CT molecular complexity index is 572. The van der Waals surface area contributed by atoms with Crippen molar-refractivity contribution >= 4 is 5.91 Å². The highest BCUT2D eigenvalue weighted by Crippen LogP contribution is 2.26. The van der Waals surface area contributed by atoms with Crippen LogP contribution in [-0.4, -0.2) is 72.9 Å². The SMILES string of the molecule is COc1ccccc1OCCC(=O)N1CCN([C@@H]2CCC[C@H]2O)CC1. The van der Waals surface area contributed by atoms with Crippen molar-refractivity contribution in [3.63, 3.8) is 0 Å². The fourth-order valence-electron chi connectivity index (χ4n) is 3.79. The second-order valence-electron chi connectivity index (χ2n) is 6.73. The second kappa shape index (κ2) is 8.54. The molecule has 1 N–H and O–H groups in total. The van der Waals surface area contributed by atoms with E-state index in [-0.39, 0.29) is 18.1 Å². The van der Waals surface area contributed by atoms with E-state index in [4.69, 9.17) is 9.47 Å². The summed E-state index contributed by atoms with van der Waals surface area (Å²) in [7, 11) is 1.61. The molecule has 2 fully saturated rings. The number of aliphatic hydroxyl groups is 1. The Morgan fingerprint density at radius 2 is 1.88 bits per heavy atom. The Labute approximate surface area is 149 Å². The van der Waals surface area contributed by atoms with Gasteiger partial charge in [-0.25, -0.2) is 0 Å². The van der Waals surface area contributed by atoms with Gasteiger partial charge in [0.25, 0.3) is 0 Å². The van der Waals surface area contributed by atoms with Gasteiger partial charge in [-0.05, 0) is 31.4 Å². The number of aliphatic hydroxyl groups excluding tert-OH is 1. The van der Waals surface area contributed by atoms with Crippen LogP contribution in [-0.2, 0) is 4.79 Å². The van der Waals surface area contributed by atoms with Crippen LogP contribution in [0.2, 0.25) is 0 Å². The third-order valence-corrected chi connectivity index (χ3v) is 5.22. The van der Waals surface area contributed by atoms with Crippen LogP contribution in [0, 0.1) is 0 Å². The maximum atomic E-state index is 12.4. The Morgan fingerprint density at radius 1 is 1.16 bits per heavy atom. The minimum Gasteiger partial charge on any atom is -0.493 e. The molecule has 1 aromatic rings. The summed E-state index contributed by atoms with van der Waals surface area (Å²) in [4.78, 5) is 16.6. The van der Waals surface area contributed by atoms with E-state index < -0.39 is 0 Å². The van der Waals surface area contributed by atoms with Crippen LogP contribution in [0.1, 0.15) is 25.7 Å². The van der Waals surface area contributed by atoms with Gasteiger partial charge in [-0.3, -0.25) is 9.69 Å². The summed E-state index contributed by atoms with van der Waals surface area (Å²) in [5.41, 5.74) is 0. The average Bonchev–Trinajstić information content (AvgIpc) is 3.08. The van der Waals surface area contributed by atoms with Gasteiger partial charge in [0.05, 0.1) is 26.2 Å². The zero-order chi connectivity index (χ0) is 17.6. The van der Waals surface area contributed by atoms with Gasteiger partial charge in [-0.1, -0.05) is 12.1 Å². The number of hydrogen-bond acceptors (Lipinski definition) is 5. The number of rotatable bonds is 6. The monoisotopic (exact) mass is 348 g/mol. The van der Waals surface area contributed by atoms with Crippen molar-refractivity contribution in [2.24, 2.45) is 0 Å². The molecule has 2 aliphatic rings. The Hall–Kier alpha value is -1.79. The van der Waals surface area contributed by atoms with Gasteiger partial charge in [0.1, 0.15) is 0 Å². The number of carbonyl (C=O) groups is 1. The molecular weight excluding hydrogens is 320 g/mol. The lowest BCUT2D eigenvalue weighted by Crippen LogP contribution is -2.53. The summed E-state index contributed by atoms with van der Waals surface area (Å²) in [6.07, 6.45) is 3.25. The Morgan fingerprint density at radius 3 is 2.52 bits per heavy atom. The lowest BCUT2D eigenvalue weighted by molar-refractivity contribution is -0.134. The smallest absolute Gasteiger partial charge is 0.226 e. The van der Waals surface area contributed by atoms with Gasteiger partial charge < -0.3 is 19.5 Å². The van der Waals surface area contributed by atoms with Gasteiger partial charge in [0.2, 0.25) is 5.91 Å². The standard InChI is InChI=1S/C19H28N2O4/c1-24-17-7-2-3-8-18(17)25-14-9-19(23)21-12-10-20(11-13-21)15-5-4-6-16(15)22/h2-3,7-8,15-16,22H,4-6,9-14H2,1H3/t15-,16-/m1/s1. The van der Waals surface area contributed by atoms with Crippen molar-refractivity contribution in [3.8, 4) is 11.5 Å². The summed E-state index contributed by atoms with van der Waals surface area (Å²) in [5, 5.41) is 10.0. The third-order valence-electron chi connectivity index (χ3n) is 5.22. The fourth-order valence-corrected chi connectivity index (χ4v) is 3.79. The molecular formula is C19H28N2O4. The summed E-state index contributed by atoms with van der Waals surface area (Å²) < 4.78 is 10.9. The number of hydrogen-bond donors (Lipinski definition) is 1. The maximum Gasteiger partial charge on any atom is 0.226 e. The summed E-state index contributed by atoms with van der Waals surface area (Å²) in [6, 6.07) is 7.74. The summed E-state index contributed by atoms with van der Waals surface area (Å²) in [5.74, 6) is 1.47. The van der Waals surface area contributed by atoms with Crippen LogP contribution < -0.4 is 9.47 Å². The van der Waals surface area contributed by atoms with Gasteiger partial charge >= 0.3 is 0 Å². The molecule has 6 nitrogen and oxygen atoms in total. The number of ether oxygens (including phenoxy) is 2. The molecule has 1 saturated heterocycles. The molecule has 1 aliphatic heterocycles. The van der Waals surface area contributed by atoms with E-state index in [0.717, 1.165) is 45.4 Å². The van der Waals surface area contributed by atoms with E-state index in [1.807, 2.05) is 29.2 Å². The van der Waals surface area contributed by atoms with Gasteiger partial charge in [0.15, 0.2) is 11.5 Å². The molecule has 138 valence electrons. The highest BCUT2D eigenvalue weighted by molar-refractivity contribution is 5.76. The lowest BCUT2D eigenvalue weighted by atomic mass is 10.1. The minimum atomic E-state index is -0.198. The molecule has 0 radical (unpaired) electrons. The molecule has 1 aromatic carbocycles. The van der Waals surface area contributed by atoms with E-state index in [2.05, 4.69) is 4.90 Å².